The molecule has 0 aliphatic rings. The Hall–Kier alpha value is -0.0400. The van der Waals surface area contributed by atoms with Crippen molar-refractivity contribution in [2.24, 2.45) is 17.8 Å². The van der Waals surface area contributed by atoms with Crippen molar-refractivity contribution in [3.63, 3.8) is 0 Å². The van der Waals surface area contributed by atoms with Crippen LogP contribution in [0.2, 0.25) is 0 Å². The van der Waals surface area contributed by atoms with E-state index in [1.807, 2.05) is 6.92 Å². The summed E-state index contributed by atoms with van der Waals surface area (Å²) in [4.78, 5) is 0. The van der Waals surface area contributed by atoms with Crippen molar-refractivity contribution < 1.29 is 5.11 Å². The van der Waals surface area contributed by atoms with E-state index in [1.165, 1.54) is 0 Å². The molecule has 0 aliphatic heterocycles. The fraction of sp³-hybridized carbons (Fsp3) is 1.00. The second kappa shape index (κ2) is 3.89. The summed E-state index contributed by atoms with van der Waals surface area (Å²) in [5.41, 5.74) is 0. The minimum atomic E-state index is 0.0688. The van der Waals surface area contributed by atoms with Crippen LogP contribution in [0.15, 0.2) is 0 Å². The van der Waals surface area contributed by atoms with Crippen LogP contribution in [0.3, 0.4) is 0 Å². The third kappa shape index (κ3) is 2.85. The molecule has 9 heavy (non-hydrogen) atoms. The molecule has 0 fully saturated rings. The van der Waals surface area contributed by atoms with Crippen LogP contribution in [0.25, 0.3) is 0 Å². The van der Waals surface area contributed by atoms with Gasteiger partial charge in [0.15, 0.2) is 0 Å². The van der Waals surface area contributed by atoms with E-state index in [0.29, 0.717) is 17.8 Å². The zero-order chi connectivity index (χ0) is 7.44. The average Bonchev–Trinajstić information content (AvgIpc) is 1.84. The quantitative estimate of drug-likeness (QED) is 0.557. The molecule has 0 amide bonds. The summed E-state index contributed by atoms with van der Waals surface area (Å²) in [7, 11) is 0. The molecule has 0 aromatic rings. The molecular formula is C8H17O. The van der Waals surface area contributed by atoms with Gasteiger partial charge in [0.1, 0.15) is 0 Å². The summed E-state index contributed by atoms with van der Waals surface area (Å²) < 4.78 is 0. The number of hydrogen-bond acceptors (Lipinski definition) is 0. The van der Waals surface area contributed by atoms with Crippen LogP contribution >= 0.6 is 0 Å². The van der Waals surface area contributed by atoms with E-state index in [-0.39, 0.29) is 6.61 Å². The van der Waals surface area contributed by atoms with Crippen LogP contribution in [0.4, 0.5) is 0 Å². The van der Waals surface area contributed by atoms with Gasteiger partial charge in [-0.3, -0.25) is 0 Å². The topological polar surface area (TPSA) is 19.9 Å². The third-order valence-corrected chi connectivity index (χ3v) is 2.21. The minimum Gasteiger partial charge on any atom is -0.236 e. The summed E-state index contributed by atoms with van der Waals surface area (Å²) in [6.45, 7) is 8.57. The van der Waals surface area contributed by atoms with E-state index in [1.54, 1.807) is 0 Å². The average molecular weight is 129 g/mol. The molecular weight excluding hydrogens is 112 g/mol. The molecule has 2 atom stereocenters. The van der Waals surface area contributed by atoms with Crippen LogP contribution < -0.4 is 0 Å². The van der Waals surface area contributed by atoms with Crippen LogP contribution in [-0.4, -0.2) is 6.61 Å². The lowest BCUT2D eigenvalue weighted by molar-refractivity contribution is 0.110. The lowest BCUT2D eigenvalue weighted by Crippen LogP contribution is -2.16. The fourth-order valence-electron chi connectivity index (χ4n) is 0.809. The first-order chi connectivity index (χ1) is 4.09. The second-order valence-corrected chi connectivity index (χ2v) is 3.25. The van der Waals surface area contributed by atoms with Crippen LogP contribution in [0.1, 0.15) is 27.7 Å². The molecule has 55 valence electrons. The zero-order valence-corrected chi connectivity index (χ0v) is 6.85. The fourth-order valence-corrected chi connectivity index (χ4v) is 0.809. The van der Waals surface area contributed by atoms with Gasteiger partial charge in [-0.05, 0) is 17.8 Å². The second-order valence-electron chi connectivity index (χ2n) is 3.25. The van der Waals surface area contributed by atoms with Gasteiger partial charge < -0.3 is 0 Å². The van der Waals surface area contributed by atoms with Gasteiger partial charge in [-0.2, -0.15) is 0 Å². The standard InChI is InChI=1S/C8H17O/c1-6(2)8(4)7(3)5-9/h6-8H,5H2,1-4H3. The molecule has 2 unspecified atom stereocenters. The molecule has 0 N–H and O–H groups in total. The van der Waals surface area contributed by atoms with Crippen molar-refractivity contribution in [1.82, 2.24) is 0 Å². The highest BCUT2D eigenvalue weighted by Crippen LogP contribution is 2.18. The molecule has 0 heterocycles. The normalized spacial score (nSPS) is 18.0. The molecule has 0 bridgehead atoms. The Labute approximate surface area is 58.1 Å². The Morgan fingerprint density at radius 2 is 1.56 bits per heavy atom. The maximum absolute atomic E-state index is 10.4. The molecule has 0 saturated heterocycles. The van der Waals surface area contributed by atoms with Gasteiger partial charge in [0, 0.05) is 0 Å². The molecule has 0 aliphatic carbocycles. The predicted molar refractivity (Wildman–Crippen MR) is 38.7 cm³/mol. The van der Waals surface area contributed by atoms with Gasteiger partial charge in [0.25, 0.3) is 0 Å². The van der Waals surface area contributed by atoms with Crippen LogP contribution in [0, 0.1) is 17.8 Å². The first kappa shape index (κ1) is 8.96. The molecule has 0 spiro atoms. The molecule has 1 heteroatoms. The zero-order valence-electron chi connectivity index (χ0n) is 6.85. The third-order valence-electron chi connectivity index (χ3n) is 2.21. The van der Waals surface area contributed by atoms with Crippen molar-refractivity contribution >= 4 is 0 Å². The predicted octanol–water partition coefficient (Wildman–Crippen LogP) is 2.35. The summed E-state index contributed by atoms with van der Waals surface area (Å²) in [5.74, 6) is 1.56. The number of hydrogen-bond donors (Lipinski definition) is 0. The first-order valence-corrected chi connectivity index (χ1v) is 3.67. The Balaban J connectivity index is 3.58. The van der Waals surface area contributed by atoms with Crippen molar-refractivity contribution in [3.8, 4) is 0 Å². The molecule has 0 aromatic carbocycles. The highest BCUT2D eigenvalue weighted by Gasteiger charge is 2.14. The molecule has 0 rings (SSSR count). The van der Waals surface area contributed by atoms with E-state index in [9.17, 15) is 5.11 Å². The van der Waals surface area contributed by atoms with Crippen molar-refractivity contribution in [3.05, 3.63) is 0 Å². The van der Waals surface area contributed by atoms with Gasteiger partial charge in [-0.1, -0.05) is 27.7 Å². The van der Waals surface area contributed by atoms with Gasteiger partial charge in [-0.25, -0.2) is 5.11 Å². The SMILES string of the molecule is CC(C)C(C)C(C)C[O]. The maximum atomic E-state index is 10.4. The van der Waals surface area contributed by atoms with Crippen molar-refractivity contribution in [2.45, 2.75) is 27.7 Å². The van der Waals surface area contributed by atoms with Gasteiger partial charge in [0.05, 0.1) is 6.61 Å². The molecule has 1 radical (unpaired) electrons. The van der Waals surface area contributed by atoms with E-state index in [2.05, 4.69) is 20.8 Å². The highest BCUT2D eigenvalue weighted by atomic mass is 16.3. The Bertz CT molecular complexity index is 69.0. The van der Waals surface area contributed by atoms with Crippen molar-refractivity contribution in [1.29, 1.82) is 0 Å². The van der Waals surface area contributed by atoms with Crippen LogP contribution in [-0.2, 0) is 5.11 Å². The summed E-state index contributed by atoms with van der Waals surface area (Å²) in [6, 6.07) is 0. The van der Waals surface area contributed by atoms with E-state index < -0.39 is 0 Å². The molecule has 0 aromatic heterocycles. The minimum absolute atomic E-state index is 0.0688. The lowest BCUT2D eigenvalue weighted by atomic mass is 9.87. The largest absolute Gasteiger partial charge is 0.236 e. The summed E-state index contributed by atoms with van der Waals surface area (Å²) >= 11 is 0. The maximum Gasteiger partial charge on any atom is 0.0850 e. The Morgan fingerprint density at radius 1 is 1.11 bits per heavy atom. The lowest BCUT2D eigenvalue weighted by Gasteiger charge is -2.20. The monoisotopic (exact) mass is 129 g/mol. The highest BCUT2D eigenvalue weighted by molar-refractivity contribution is 4.63. The molecule has 0 saturated carbocycles. The molecule has 1 nitrogen and oxygen atoms in total. The van der Waals surface area contributed by atoms with Crippen molar-refractivity contribution in [2.75, 3.05) is 6.61 Å². The Morgan fingerprint density at radius 3 is 1.67 bits per heavy atom. The van der Waals surface area contributed by atoms with Gasteiger partial charge in [0.2, 0.25) is 0 Å². The van der Waals surface area contributed by atoms with E-state index in [4.69, 9.17) is 0 Å². The number of rotatable bonds is 3. The smallest absolute Gasteiger partial charge is 0.0850 e. The first-order valence-electron chi connectivity index (χ1n) is 3.67. The van der Waals surface area contributed by atoms with Gasteiger partial charge >= 0.3 is 0 Å². The van der Waals surface area contributed by atoms with Gasteiger partial charge in [-0.15, -0.1) is 0 Å². The Kier molecular flexibility index (Phi) is 3.87. The summed E-state index contributed by atoms with van der Waals surface area (Å²) in [5, 5.41) is 10.4. The van der Waals surface area contributed by atoms with E-state index in [0.717, 1.165) is 0 Å². The van der Waals surface area contributed by atoms with Crippen LogP contribution in [0.5, 0.6) is 0 Å². The summed E-state index contributed by atoms with van der Waals surface area (Å²) in [6.07, 6.45) is 0. The van der Waals surface area contributed by atoms with E-state index >= 15 is 0 Å².